The van der Waals surface area contributed by atoms with Gasteiger partial charge in [0.2, 0.25) is 0 Å². The van der Waals surface area contributed by atoms with E-state index >= 15 is 0 Å². The van der Waals surface area contributed by atoms with E-state index < -0.39 is 0 Å². The number of methoxy groups -OCH3 is 3. The number of ether oxygens (including phenoxy) is 3. The Hall–Kier alpha value is -2.95. The molecule has 1 aliphatic heterocycles. The molecule has 0 saturated heterocycles. The molecule has 1 saturated carbocycles. The van der Waals surface area contributed by atoms with Crippen molar-refractivity contribution < 1.29 is 14.2 Å². The lowest BCUT2D eigenvalue weighted by molar-refractivity contribution is 0.349. The van der Waals surface area contributed by atoms with Crippen LogP contribution in [-0.4, -0.2) is 38.1 Å². The predicted molar refractivity (Wildman–Crippen MR) is 115 cm³/mol. The number of benzene rings is 2. The van der Waals surface area contributed by atoms with Gasteiger partial charge in [-0.05, 0) is 48.7 Å². The predicted octanol–water partition coefficient (Wildman–Crippen LogP) is 5.07. The molecule has 29 heavy (non-hydrogen) atoms. The summed E-state index contributed by atoms with van der Waals surface area (Å²) in [4.78, 5) is 8.80. The van der Waals surface area contributed by atoms with Crippen LogP contribution in [0.3, 0.4) is 0 Å². The molecule has 0 unspecified atom stereocenters. The Morgan fingerprint density at radius 1 is 0.897 bits per heavy atom. The summed E-state index contributed by atoms with van der Waals surface area (Å²) < 4.78 is 16.6. The highest BCUT2D eigenvalue weighted by atomic mass is 16.5. The molecular weight excluding hydrogens is 364 g/mol. The van der Waals surface area contributed by atoms with Crippen molar-refractivity contribution in [3.63, 3.8) is 0 Å². The molecule has 1 fully saturated rings. The molecule has 0 spiro atoms. The van der Waals surface area contributed by atoms with Crippen molar-refractivity contribution in [3.05, 3.63) is 53.2 Å². The van der Waals surface area contributed by atoms with E-state index in [1.54, 1.807) is 21.3 Å². The second-order valence-corrected chi connectivity index (χ2v) is 7.87. The lowest BCUT2D eigenvalue weighted by atomic mass is 9.75. The van der Waals surface area contributed by atoms with Gasteiger partial charge in [-0.15, -0.1) is 0 Å². The zero-order chi connectivity index (χ0) is 20.0. The minimum atomic E-state index is 0.324. The Balaban J connectivity index is 1.69. The van der Waals surface area contributed by atoms with Gasteiger partial charge in [-0.2, -0.15) is 0 Å². The second kappa shape index (κ2) is 7.14. The van der Waals surface area contributed by atoms with Crippen LogP contribution in [0, 0.1) is 0 Å². The van der Waals surface area contributed by atoms with E-state index in [0.29, 0.717) is 12.0 Å². The summed E-state index contributed by atoms with van der Waals surface area (Å²) in [5.41, 5.74) is 5.57. The molecule has 2 atom stereocenters. The van der Waals surface area contributed by atoms with E-state index in [1.807, 2.05) is 12.1 Å². The van der Waals surface area contributed by atoms with Crippen molar-refractivity contribution in [3.8, 4) is 17.2 Å². The van der Waals surface area contributed by atoms with Crippen molar-refractivity contribution in [1.29, 1.82) is 0 Å². The van der Waals surface area contributed by atoms with Crippen molar-refractivity contribution >= 4 is 16.6 Å². The van der Waals surface area contributed by atoms with E-state index in [0.717, 1.165) is 51.5 Å². The molecule has 5 rings (SSSR count). The fourth-order valence-electron chi connectivity index (χ4n) is 4.85. The first kappa shape index (κ1) is 18.1. The third-order valence-electron chi connectivity index (χ3n) is 6.32. The summed E-state index contributed by atoms with van der Waals surface area (Å²) in [6.07, 6.45) is 4.81. The number of aromatic nitrogens is 1. The zero-order valence-corrected chi connectivity index (χ0v) is 17.1. The van der Waals surface area contributed by atoms with Crippen molar-refractivity contribution in [2.24, 2.45) is 4.99 Å². The number of rotatable bonds is 4. The van der Waals surface area contributed by atoms with Gasteiger partial charge in [-0.25, -0.2) is 0 Å². The topological polar surface area (TPSA) is 55.8 Å². The number of hydrogen-bond donors (Lipinski definition) is 1. The lowest BCUT2D eigenvalue weighted by Crippen LogP contribution is -2.29. The van der Waals surface area contributed by atoms with Crippen molar-refractivity contribution in [2.45, 2.75) is 37.6 Å². The van der Waals surface area contributed by atoms with E-state index in [9.17, 15) is 0 Å². The molecule has 2 heterocycles. The molecule has 5 heteroatoms. The first-order chi connectivity index (χ1) is 14.2. The van der Waals surface area contributed by atoms with Crippen LogP contribution in [0.4, 0.5) is 0 Å². The monoisotopic (exact) mass is 390 g/mol. The van der Waals surface area contributed by atoms with Crippen molar-refractivity contribution in [2.75, 3.05) is 21.3 Å². The van der Waals surface area contributed by atoms with Crippen LogP contribution in [0.5, 0.6) is 17.2 Å². The minimum Gasteiger partial charge on any atom is -0.497 e. The van der Waals surface area contributed by atoms with E-state index in [-0.39, 0.29) is 0 Å². The number of hydrogen-bond acceptors (Lipinski definition) is 4. The molecule has 5 nitrogen and oxygen atoms in total. The Labute approximate surface area is 170 Å². The second-order valence-electron chi connectivity index (χ2n) is 7.87. The summed E-state index contributed by atoms with van der Waals surface area (Å²) in [5.74, 6) is 2.83. The minimum absolute atomic E-state index is 0.324. The van der Waals surface area contributed by atoms with E-state index in [1.165, 1.54) is 24.8 Å². The van der Waals surface area contributed by atoms with Crippen LogP contribution in [0.15, 0.2) is 41.4 Å². The largest absolute Gasteiger partial charge is 0.497 e. The van der Waals surface area contributed by atoms with Crippen LogP contribution in [-0.2, 0) is 0 Å². The van der Waals surface area contributed by atoms with E-state index in [2.05, 4.69) is 29.2 Å². The number of aliphatic imine (C=N–C) groups is 1. The molecule has 3 aromatic rings. The van der Waals surface area contributed by atoms with Crippen LogP contribution in [0.25, 0.3) is 10.9 Å². The highest BCUT2D eigenvalue weighted by Gasteiger charge is 2.35. The molecule has 1 N–H and O–H groups in total. The Kier molecular flexibility index (Phi) is 4.46. The standard InChI is InChI=1S/C24H26N2O3/c1-27-15-9-8-14-10-21(25-20(14)11-15)24-18-13-23(29-3)22(28-2)12-17(18)16-6-4-5-7-19(16)26-24/h8-13,16,19,25H,4-7H2,1-3H3/t16-,19-/m1/s1. The third kappa shape index (κ3) is 2.96. The SMILES string of the molecule is COc1ccc2cc(C3=N[C@@H]4CCCC[C@@H]4c4cc(OC)c(OC)cc43)[nH]c2c1. The summed E-state index contributed by atoms with van der Waals surface area (Å²) >= 11 is 0. The number of nitrogens with zero attached hydrogens (tertiary/aromatic N) is 1. The normalized spacial score (nSPS) is 20.6. The molecule has 1 aliphatic carbocycles. The van der Waals surface area contributed by atoms with Gasteiger partial charge in [0.05, 0.1) is 38.8 Å². The highest BCUT2D eigenvalue weighted by molar-refractivity contribution is 6.15. The van der Waals surface area contributed by atoms with Crippen molar-refractivity contribution in [1.82, 2.24) is 4.98 Å². The van der Waals surface area contributed by atoms with Crippen LogP contribution >= 0.6 is 0 Å². The smallest absolute Gasteiger partial charge is 0.161 e. The molecule has 0 bridgehead atoms. The van der Waals surface area contributed by atoms with Gasteiger partial charge in [0, 0.05) is 28.5 Å². The molecule has 150 valence electrons. The first-order valence-electron chi connectivity index (χ1n) is 10.2. The Morgan fingerprint density at radius 3 is 2.48 bits per heavy atom. The summed E-state index contributed by atoms with van der Waals surface area (Å²) in [6.45, 7) is 0. The fourth-order valence-corrected chi connectivity index (χ4v) is 4.85. The average molecular weight is 390 g/mol. The number of fused-ring (bicyclic) bond motifs is 4. The van der Waals surface area contributed by atoms with Gasteiger partial charge >= 0.3 is 0 Å². The Bertz CT molecular complexity index is 1100. The zero-order valence-electron chi connectivity index (χ0n) is 17.1. The van der Waals surface area contributed by atoms with Crippen LogP contribution in [0.1, 0.15) is 48.4 Å². The number of aromatic amines is 1. The van der Waals surface area contributed by atoms with Gasteiger partial charge in [-0.3, -0.25) is 4.99 Å². The molecule has 2 aliphatic rings. The highest BCUT2D eigenvalue weighted by Crippen LogP contribution is 2.44. The fraction of sp³-hybridized carbons (Fsp3) is 0.375. The quantitative estimate of drug-likeness (QED) is 0.677. The van der Waals surface area contributed by atoms with E-state index in [4.69, 9.17) is 19.2 Å². The van der Waals surface area contributed by atoms with Gasteiger partial charge < -0.3 is 19.2 Å². The lowest BCUT2D eigenvalue weighted by Gasteiger charge is -2.35. The maximum absolute atomic E-state index is 5.61. The number of H-pyrrole nitrogens is 1. The third-order valence-corrected chi connectivity index (χ3v) is 6.32. The first-order valence-corrected chi connectivity index (χ1v) is 10.2. The Morgan fingerprint density at radius 2 is 1.69 bits per heavy atom. The molecule has 0 radical (unpaired) electrons. The summed E-state index contributed by atoms with van der Waals surface area (Å²) in [7, 11) is 5.07. The molecule has 1 aromatic heterocycles. The number of nitrogens with one attached hydrogen (secondary N) is 1. The van der Waals surface area contributed by atoms with Gasteiger partial charge in [0.15, 0.2) is 11.5 Å². The maximum atomic E-state index is 5.61. The van der Waals surface area contributed by atoms with Crippen LogP contribution < -0.4 is 14.2 Å². The van der Waals surface area contributed by atoms with Crippen LogP contribution in [0.2, 0.25) is 0 Å². The maximum Gasteiger partial charge on any atom is 0.161 e. The van der Waals surface area contributed by atoms with Gasteiger partial charge in [-0.1, -0.05) is 12.8 Å². The average Bonchev–Trinajstić information content (AvgIpc) is 3.20. The summed E-state index contributed by atoms with van der Waals surface area (Å²) in [6, 6.07) is 12.9. The molecule has 2 aromatic carbocycles. The summed E-state index contributed by atoms with van der Waals surface area (Å²) in [5, 5.41) is 1.15. The molecular formula is C24H26N2O3. The van der Waals surface area contributed by atoms with Gasteiger partial charge in [0.25, 0.3) is 0 Å². The van der Waals surface area contributed by atoms with Gasteiger partial charge in [0.1, 0.15) is 5.75 Å². The molecule has 0 amide bonds.